The van der Waals surface area contributed by atoms with Crippen molar-refractivity contribution >= 4 is 35.7 Å². The van der Waals surface area contributed by atoms with Crippen molar-refractivity contribution in [2.75, 3.05) is 23.8 Å². The Morgan fingerprint density at radius 1 is 1.04 bits per heavy atom. The first kappa shape index (κ1) is 20.9. The van der Waals surface area contributed by atoms with Gasteiger partial charge in [0.15, 0.2) is 0 Å². The summed E-state index contributed by atoms with van der Waals surface area (Å²) in [6, 6.07) is 6.88. The molecule has 0 aromatic heterocycles. The summed E-state index contributed by atoms with van der Waals surface area (Å²) in [5.74, 6) is 0.874. The van der Waals surface area contributed by atoms with Gasteiger partial charge in [0.2, 0.25) is 5.91 Å². The standard InChI is InChI=1S/C20H28N4O3.ClH/c21-18-13-4-3-12(10-13)17(18)19(25)23-14-5-7-15(8-6-14)24-20(26)22-11-16-2-1-9-27-16;/h5-8,12-13,16-18H,1-4,9-11,21H2,(H,23,25)(H2,22,24,26);1H. The SMILES string of the molecule is Cl.NC1C2CCC(C2)C1C(=O)Nc1ccc(NC(=O)NCC2CCCO2)cc1. The van der Waals surface area contributed by atoms with Crippen LogP contribution in [0.3, 0.4) is 0 Å². The third kappa shape index (κ3) is 4.59. The molecule has 1 aromatic rings. The first-order valence-electron chi connectivity index (χ1n) is 9.93. The number of carbonyl (C=O) groups is 2. The Morgan fingerprint density at radius 2 is 1.71 bits per heavy atom. The Balaban J connectivity index is 0.00000225. The van der Waals surface area contributed by atoms with Crippen LogP contribution in [0.2, 0.25) is 0 Å². The number of nitrogens with one attached hydrogen (secondary N) is 3. The summed E-state index contributed by atoms with van der Waals surface area (Å²) in [7, 11) is 0. The number of nitrogens with two attached hydrogens (primary N) is 1. The molecular weight excluding hydrogens is 380 g/mol. The number of benzene rings is 1. The second-order valence-corrected chi connectivity index (χ2v) is 7.97. The molecule has 1 saturated heterocycles. The Hall–Kier alpha value is -1.83. The zero-order valence-corrected chi connectivity index (χ0v) is 16.7. The molecule has 0 spiro atoms. The number of rotatable bonds is 5. The summed E-state index contributed by atoms with van der Waals surface area (Å²) < 4.78 is 5.48. The van der Waals surface area contributed by atoms with Crippen LogP contribution in [0.1, 0.15) is 32.1 Å². The minimum absolute atomic E-state index is 0. The Kier molecular flexibility index (Phi) is 6.80. The average Bonchev–Trinajstić information content (AvgIpc) is 3.39. The second kappa shape index (κ2) is 9.11. The number of amides is 3. The van der Waals surface area contributed by atoms with Crippen LogP contribution >= 0.6 is 12.4 Å². The van der Waals surface area contributed by atoms with Crippen LogP contribution in [-0.2, 0) is 9.53 Å². The number of hydrogen-bond donors (Lipinski definition) is 4. The Labute approximate surface area is 171 Å². The van der Waals surface area contributed by atoms with Gasteiger partial charge in [0.05, 0.1) is 12.0 Å². The molecule has 5 N–H and O–H groups in total. The van der Waals surface area contributed by atoms with E-state index in [4.69, 9.17) is 10.5 Å². The van der Waals surface area contributed by atoms with E-state index in [1.807, 2.05) is 0 Å². The van der Waals surface area contributed by atoms with E-state index in [9.17, 15) is 9.59 Å². The molecule has 8 heteroatoms. The Bertz CT molecular complexity index is 691. The highest BCUT2D eigenvalue weighted by Crippen LogP contribution is 2.47. The fourth-order valence-electron chi connectivity index (χ4n) is 4.77. The average molecular weight is 409 g/mol. The van der Waals surface area contributed by atoms with Gasteiger partial charge >= 0.3 is 6.03 Å². The van der Waals surface area contributed by atoms with E-state index in [1.54, 1.807) is 24.3 Å². The topological polar surface area (TPSA) is 105 Å². The number of ether oxygens (including phenoxy) is 1. The van der Waals surface area contributed by atoms with E-state index in [1.165, 1.54) is 0 Å². The molecule has 1 aromatic carbocycles. The molecule has 0 radical (unpaired) electrons. The molecule has 1 heterocycles. The maximum Gasteiger partial charge on any atom is 0.319 e. The van der Waals surface area contributed by atoms with Crippen molar-refractivity contribution < 1.29 is 14.3 Å². The molecule has 3 aliphatic rings. The number of urea groups is 1. The monoisotopic (exact) mass is 408 g/mol. The largest absolute Gasteiger partial charge is 0.376 e. The summed E-state index contributed by atoms with van der Waals surface area (Å²) in [6.45, 7) is 1.29. The van der Waals surface area contributed by atoms with Gasteiger partial charge in [0.25, 0.3) is 0 Å². The van der Waals surface area contributed by atoms with Crippen molar-refractivity contribution in [3.63, 3.8) is 0 Å². The summed E-state index contributed by atoms with van der Waals surface area (Å²) in [5.41, 5.74) is 7.65. The molecule has 7 nitrogen and oxygen atoms in total. The van der Waals surface area contributed by atoms with Crippen LogP contribution in [0.5, 0.6) is 0 Å². The molecule has 1 aliphatic heterocycles. The molecule has 28 heavy (non-hydrogen) atoms. The number of hydrogen-bond acceptors (Lipinski definition) is 4. The van der Waals surface area contributed by atoms with E-state index in [0.717, 1.165) is 44.4 Å². The first-order valence-corrected chi connectivity index (χ1v) is 9.93. The van der Waals surface area contributed by atoms with Crippen molar-refractivity contribution in [3.05, 3.63) is 24.3 Å². The third-order valence-corrected chi connectivity index (χ3v) is 6.21. The number of halogens is 1. The molecule has 2 saturated carbocycles. The summed E-state index contributed by atoms with van der Waals surface area (Å²) in [4.78, 5) is 24.6. The molecular formula is C20H29ClN4O3. The van der Waals surface area contributed by atoms with Crippen molar-refractivity contribution in [1.29, 1.82) is 0 Å². The van der Waals surface area contributed by atoms with Crippen molar-refractivity contribution in [2.24, 2.45) is 23.5 Å². The maximum absolute atomic E-state index is 12.6. The van der Waals surface area contributed by atoms with Gasteiger partial charge in [-0.15, -0.1) is 12.4 Å². The molecule has 3 amide bonds. The fourth-order valence-corrected chi connectivity index (χ4v) is 4.77. The highest BCUT2D eigenvalue weighted by molar-refractivity contribution is 5.94. The molecule has 2 bridgehead atoms. The van der Waals surface area contributed by atoms with E-state index in [0.29, 0.717) is 24.1 Å². The zero-order valence-electron chi connectivity index (χ0n) is 15.9. The van der Waals surface area contributed by atoms with E-state index < -0.39 is 0 Å². The fraction of sp³-hybridized carbons (Fsp3) is 0.600. The number of fused-ring (bicyclic) bond motifs is 2. The highest BCUT2D eigenvalue weighted by Gasteiger charge is 2.49. The minimum atomic E-state index is -0.254. The quantitative estimate of drug-likeness (QED) is 0.601. The normalized spacial score (nSPS) is 30.5. The first-order chi connectivity index (χ1) is 13.1. The van der Waals surface area contributed by atoms with Crippen molar-refractivity contribution in [3.8, 4) is 0 Å². The van der Waals surface area contributed by atoms with Crippen LogP contribution in [0.4, 0.5) is 16.2 Å². The van der Waals surface area contributed by atoms with Gasteiger partial charge in [0, 0.05) is 30.6 Å². The van der Waals surface area contributed by atoms with Crippen LogP contribution in [0.25, 0.3) is 0 Å². The minimum Gasteiger partial charge on any atom is -0.376 e. The lowest BCUT2D eigenvalue weighted by Gasteiger charge is -2.27. The lowest BCUT2D eigenvalue weighted by molar-refractivity contribution is -0.121. The Morgan fingerprint density at radius 3 is 2.32 bits per heavy atom. The van der Waals surface area contributed by atoms with Gasteiger partial charge in [-0.25, -0.2) is 4.79 Å². The molecule has 5 unspecified atom stereocenters. The van der Waals surface area contributed by atoms with E-state index in [2.05, 4.69) is 16.0 Å². The lowest BCUT2D eigenvalue weighted by Crippen LogP contribution is -2.42. The summed E-state index contributed by atoms with van der Waals surface area (Å²) in [6.07, 6.45) is 5.51. The predicted molar refractivity (Wildman–Crippen MR) is 111 cm³/mol. The smallest absolute Gasteiger partial charge is 0.319 e. The molecule has 4 rings (SSSR count). The highest BCUT2D eigenvalue weighted by atomic mass is 35.5. The molecule has 2 aliphatic carbocycles. The maximum atomic E-state index is 12.6. The third-order valence-electron chi connectivity index (χ3n) is 6.21. The van der Waals surface area contributed by atoms with Gasteiger partial charge in [-0.1, -0.05) is 0 Å². The predicted octanol–water partition coefficient (Wildman–Crippen LogP) is 2.72. The van der Waals surface area contributed by atoms with Gasteiger partial charge in [0.1, 0.15) is 0 Å². The van der Waals surface area contributed by atoms with Crippen LogP contribution in [0.15, 0.2) is 24.3 Å². The summed E-state index contributed by atoms with van der Waals surface area (Å²) in [5, 5.41) is 8.59. The van der Waals surface area contributed by atoms with Gasteiger partial charge in [-0.3, -0.25) is 4.79 Å². The molecule has 3 fully saturated rings. The number of anilines is 2. The zero-order chi connectivity index (χ0) is 18.8. The van der Waals surface area contributed by atoms with Crippen LogP contribution in [0, 0.1) is 17.8 Å². The lowest BCUT2D eigenvalue weighted by atomic mass is 9.84. The van der Waals surface area contributed by atoms with Gasteiger partial charge in [-0.2, -0.15) is 0 Å². The van der Waals surface area contributed by atoms with Crippen LogP contribution < -0.4 is 21.7 Å². The second-order valence-electron chi connectivity index (χ2n) is 7.97. The van der Waals surface area contributed by atoms with E-state index in [-0.39, 0.29) is 42.4 Å². The van der Waals surface area contributed by atoms with Crippen molar-refractivity contribution in [2.45, 2.75) is 44.2 Å². The molecule has 5 atom stereocenters. The number of carbonyl (C=O) groups excluding carboxylic acids is 2. The molecule has 154 valence electrons. The van der Waals surface area contributed by atoms with Crippen LogP contribution in [-0.4, -0.2) is 37.2 Å². The van der Waals surface area contributed by atoms with Crippen molar-refractivity contribution in [1.82, 2.24) is 5.32 Å². The summed E-state index contributed by atoms with van der Waals surface area (Å²) >= 11 is 0. The van der Waals surface area contributed by atoms with Gasteiger partial charge in [-0.05, 0) is 68.2 Å². The van der Waals surface area contributed by atoms with Gasteiger partial charge < -0.3 is 26.4 Å². The van der Waals surface area contributed by atoms with E-state index >= 15 is 0 Å².